The molecule has 0 aliphatic carbocycles. The number of carbonyl (C=O) groups is 1. The molecule has 0 heterocycles. The highest BCUT2D eigenvalue weighted by atomic mass is 16.1. The third-order valence-corrected chi connectivity index (χ3v) is 2.89. The Morgan fingerprint density at radius 2 is 2.06 bits per heavy atom. The van der Waals surface area contributed by atoms with Crippen LogP contribution in [0, 0.1) is 13.8 Å². The van der Waals surface area contributed by atoms with Gasteiger partial charge in [0.1, 0.15) is 0 Å². The van der Waals surface area contributed by atoms with Crippen LogP contribution < -0.4 is 10.6 Å². The Morgan fingerprint density at radius 3 is 2.76 bits per heavy atom. The second-order valence-corrected chi connectivity index (χ2v) is 4.25. The van der Waals surface area contributed by atoms with Gasteiger partial charge in [-0.25, -0.2) is 0 Å². The van der Waals surface area contributed by atoms with E-state index in [1.807, 2.05) is 19.1 Å². The van der Waals surface area contributed by atoms with Crippen molar-refractivity contribution in [3.63, 3.8) is 0 Å². The number of hydrogen-bond acceptors (Lipinski definition) is 2. The molecule has 94 valence electrons. The van der Waals surface area contributed by atoms with Crippen LogP contribution in [0.4, 0.5) is 5.69 Å². The molecule has 0 bridgehead atoms. The number of hydrogen-bond donors (Lipinski definition) is 2. The number of anilines is 1. The van der Waals surface area contributed by atoms with Gasteiger partial charge in [-0.15, -0.1) is 0 Å². The lowest BCUT2D eigenvalue weighted by atomic mass is 10.1. The molecule has 0 radical (unpaired) electrons. The van der Waals surface area contributed by atoms with E-state index in [0.29, 0.717) is 6.42 Å². The van der Waals surface area contributed by atoms with Crippen LogP contribution in [0.1, 0.15) is 30.9 Å². The second kappa shape index (κ2) is 7.07. The third-order valence-electron chi connectivity index (χ3n) is 2.89. The van der Waals surface area contributed by atoms with Gasteiger partial charge in [0.25, 0.3) is 0 Å². The summed E-state index contributed by atoms with van der Waals surface area (Å²) in [5, 5.41) is 6.17. The van der Waals surface area contributed by atoms with Gasteiger partial charge in [0.05, 0.1) is 0 Å². The predicted octanol–water partition coefficient (Wildman–Crippen LogP) is 2.63. The van der Waals surface area contributed by atoms with Crippen LogP contribution in [0.5, 0.6) is 0 Å². The summed E-state index contributed by atoms with van der Waals surface area (Å²) in [7, 11) is 0. The fourth-order valence-electron chi connectivity index (χ4n) is 1.65. The van der Waals surface area contributed by atoms with E-state index >= 15 is 0 Å². The van der Waals surface area contributed by atoms with Gasteiger partial charge in [0.2, 0.25) is 5.91 Å². The number of aryl methyl sites for hydroxylation is 1. The Balaban J connectivity index is 2.43. The van der Waals surface area contributed by atoms with Gasteiger partial charge in [0.15, 0.2) is 0 Å². The van der Waals surface area contributed by atoms with Crippen molar-refractivity contribution in [2.24, 2.45) is 0 Å². The van der Waals surface area contributed by atoms with Crippen LogP contribution in [-0.4, -0.2) is 19.0 Å². The van der Waals surface area contributed by atoms with Gasteiger partial charge >= 0.3 is 0 Å². The van der Waals surface area contributed by atoms with Crippen molar-refractivity contribution < 1.29 is 4.79 Å². The van der Waals surface area contributed by atoms with Gasteiger partial charge in [-0.2, -0.15) is 0 Å². The molecule has 3 nitrogen and oxygen atoms in total. The third kappa shape index (κ3) is 4.57. The highest BCUT2D eigenvalue weighted by Crippen LogP contribution is 2.18. The largest absolute Gasteiger partial charge is 0.326 e. The predicted molar refractivity (Wildman–Crippen MR) is 72.3 cm³/mol. The van der Waals surface area contributed by atoms with Crippen molar-refractivity contribution in [3.8, 4) is 0 Å². The quantitative estimate of drug-likeness (QED) is 0.743. The summed E-state index contributed by atoms with van der Waals surface area (Å²) in [6.45, 7) is 8.01. The molecule has 17 heavy (non-hydrogen) atoms. The lowest BCUT2D eigenvalue weighted by Crippen LogP contribution is -2.18. The molecule has 0 aliphatic heterocycles. The van der Waals surface area contributed by atoms with E-state index in [2.05, 4.69) is 30.5 Å². The van der Waals surface area contributed by atoms with Gasteiger partial charge in [0, 0.05) is 12.1 Å². The molecular weight excluding hydrogens is 212 g/mol. The summed E-state index contributed by atoms with van der Waals surface area (Å²) in [4.78, 5) is 11.7. The summed E-state index contributed by atoms with van der Waals surface area (Å²) in [6.07, 6.45) is 1.45. The molecule has 2 N–H and O–H groups in total. The number of amides is 1. The molecule has 0 aliphatic rings. The van der Waals surface area contributed by atoms with Crippen molar-refractivity contribution in [2.45, 2.75) is 33.6 Å². The molecular formula is C14H22N2O. The monoisotopic (exact) mass is 234 g/mol. The molecule has 0 fully saturated rings. The normalized spacial score (nSPS) is 10.3. The Morgan fingerprint density at radius 1 is 1.29 bits per heavy atom. The van der Waals surface area contributed by atoms with Crippen molar-refractivity contribution in [2.75, 3.05) is 18.4 Å². The van der Waals surface area contributed by atoms with Crippen LogP contribution in [0.25, 0.3) is 0 Å². The van der Waals surface area contributed by atoms with Crippen LogP contribution in [0.2, 0.25) is 0 Å². The fourth-order valence-corrected chi connectivity index (χ4v) is 1.65. The van der Waals surface area contributed by atoms with Gasteiger partial charge in [-0.1, -0.05) is 19.1 Å². The fraction of sp³-hybridized carbons (Fsp3) is 0.500. The zero-order chi connectivity index (χ0) is 12.7. The van der Waals surface area contributed by atoms with Crippen molar-refractivity contribution in [1.82, 2.24) is 5.32 Å². The molecule has 1 amide bonds. The molecule has 0 atom stereocenters. The average Bonchev–Trinajstić information content (AvgIpc) is 2.31. The first-order valence-electron chi connectivity index (χ1n) is 6.22. The van der Waals surface area contributed by atoms with Crippen LogP contribution in [0.15, 0.2) is 18.2 Å². The molecule has 0 saturated heterocycles. The summed E-state index contributed by atoms with van der Waals surface area (Å²) in [5.41, 5.74) is 3.28. The lowest BCUT2D eigenvalue weighted by molar-refractivity contribution is -0.116. The molecule has 0 unspecified atom stereocenters. The maximum atomic E-state index is 11.7. The summed E-state index contributed by atoms with van der Waals surface area (Å²) in [5.74, 6) is 0.0941. The summed E-state index contributed by atoms with van der Waals surface area (Å²) in [6, 6.07) is 5.97. The number of benzene rings is 1. The van der Waals surface area contributed by atoms with E-state index in [4.69, 9.17) is 0 Å². The smallest absolute Gasteiger partial charge is 0.224 e. The van der Waals surface area contributed by atoms with E-state index in [1.165, 1.54) is 5.56 Å². The Labute approximate surface area is 104 Å². The molecule has 0 aromatic heterocycles. The lowest BCUT2D eigenvalue weighted by Gasteiger charge is -2.10. The highest BCUT2D eigenvalue weighted by Gasteiger charge is 2.05. The van der Waals surface area contributed by atoms with E-state index < -0.39 is 0 Å². The Kier molecular flexibility index (Phi) is 5.70. The Bertz CT molecular complexity index is 374. The minimum absolute atomic E-state index is 0.0941. The maximum absolute atomic E-state index is 11.7. The standard InChI is InChI=1S/C14H22N2O/c1-4-15-10-6-9-14(17)16-13-8-5-7-11(2)12(13)3/h5,7-8,15H,4,6,9-10H2,1-3H3,(H,16,17). The molecule has 1 aromatic carbocycles. The van der Waals surface area contributed by atoms with Crippen LogP contribution in [-0.2, 0) is 4.79 Å². The van der Waals surface area contributed by atoms with Crippen LogP contribution in [0.3, 0.4) is 0 Å². The second-order valence-electron chi connectivity index (χ2n) is 4.25. The maximum Gasteiger partial charge on any atom is 0.224 e. The van der Waals surface area contributed by atoms with Crippen molar-refractivity contribution in [1.29, 1.82) is 0 Å². The zero-order valence-electron chi connectivity index (χ0n) is 11.0. The van der Waals surface area contributed by atoms with Gasteiger partial charge < -0.3 is 10.6 Å². The van der Waals surface area contributed by atoms with Gasteiger partial charge in [-0.3, -0.25) is 4.79 Å². The Hall–Kier alpha value is -1.35. The molecule has 1 aromatic rings. The minimum atomic E-state index is 0.0941. The van der Waals surface area contributed by atoms with Crippen LogP contribution >= 0.6 is 0 Å². The van der Waals surface area contributed by atoms with E-state index in [0.717, 1.165) is 30.8 Å². The highest BCUT2D eigenvalue weighted by molar-refractivity contribution is 5.91. The summed E-state index contributed by atoms with van der Waals surface area (Å²) >= 11 is 0. The van der Waals surface area contributed by atoms with Crippen molar-refractivity contribution in [3.05, 3.63) is 29.3 Å². The van der Waals surface area contributed by atoms with Gasteiger partial charge in [-0.05, 0) is 50.6 Å². The SMILES string of the molecule is CCNCCCC(=O)Nc1cccc(C)c1C. The minimum Gasteiger partial charge on any atom is -0.326 e. The first-order chi connectivity index (χ1) is 8.15. The van der Waals surface area contributed by atoms with Crippen molar-refractivity contribution >= 4 is 11.6 Å². The first kappa shape index (κ1) is 13.7. The molecule has 1 rings (SSSR count). The van der Waals surface area contributed by atoms with E-state index in [1.54, 1.807) is 0 Å². The molecule has 0 spiro atoms. The number of rotatable bonds is 6. The molecule has 3 heteroatoms. The molecule has 0 saturated carbocycles. The van der Waals surface area contributed by atoms with E-state index in [9.17, 15) is 4.79 Å². The topological polar surface area (TPSA) is 41.1 Å². The zero-order valence-corrected chi connectivity index (χ0v) is 11.0. The first-order valence-corrected chi connectivity index (χ1v) is 6.22. The number of carbonyl (C=O) groups excluding carboxylic acids is 1. The number of nitrogens with one attached hydrogen (secondary N) is 2. The average molecular weight is 234 g/mol. The van der Waals surface area contributed by atoms with E-state index in [-0.39, 0.29) is 5.91 Å². The summed E-state index contributed by atoms with van der Waals surface area (Å²) < 4.78 is 0.